The lowest BCUT2D eigenvalue weighted by Gasteiger charge is -2.47. The number of aryl methyl sites for hydroxylation is 1. The SMILES string of the molecule is Cn1c2c(c(=O)c3ccccc31)C1c3c(ccc4ccccc34)OCC1C(C)(C)O2. The van der Waals surface area contributed by atoms with Crippen molar-refractivity contribution in [2.75, 3.05) is 6.61 Å². The molecule has 2 aliphatic heterocycles. The van der Waals surface area contributed by atoms with E-state index in [0.717, 1.165) is 38.6 Å². The van der Waals surface area contributed by atoms with Gasteiger partial charge >= 0.3 is 0 Å². The summed E-state index contributed by atoms with van der Waals surface area (Å²) < 4.78 is 14.8. The van der Waals surface area contributed by atoms with E-state index in [1.54, 1.807) is 0 Å². The van der Waals surface area contributed by atoms with Crippen LogP contribution in [0.2, 0.25) is 0 Å². The largest absolute Gasteiger partial charge is 0.493 e. The molecule has 3 heterocycles. The van der Waals surface area contributed by atoms with E-state index in [0.29, 0.717) is 12.5 Å². The quantitative estimate of drug-likeness (QED) is 0.419. The van der Waals surface area contributed by atoms with E-state index < -0.39 is 5.60 Å². The zero-order valence-corrected chi connectivity index (χ0v) is 17.3. The number of aromatic nitrogens is 1. The van der Waals surface area contributed by atoms with Gasteiger partial charge in [0.25, 0.3) is 0 Å². The second-order valence-corrected chi connectivity index (χ2v) is 8.92. The highest BCUT2D eigenvalue weighted by molar-refractivity contribution is 5.90. The van der Waals surface area contributed by atoms with Gasteiger partial charge in [-0.05, 0) is 42.8 Å². The van der Waals surface area contributed by atoms with Gasteiger partial charge in [0.05, 0.1) is 17.7 Å². The molecule has 3 aromatic carbocycles. The molecule has 0 spiro atoms. The number of fused-ring (bicyclic) bond motifs is 8. The number of hydrogen-bond acceptors (Lipinski definition) is 3. The minimum atomic E-state index is -0.473. The van der Waals surface area contributed by atoms with Crippen molar-refractivity contribution in [3.8, 4) is 11.6 Å². The highest BCUT2D eigenvalue weighted by atomic mass is 16.5. The van der Waals surface area contributed by atoms with Crippen LogP contribution in [0.3, 0.4) is 0 Å². The molecule has 4 aromatic rings. The zero-order chi connectivity index (χ0) is 20.6. The number of para-hydroxylation sites is 1. The van der Waals surface area contributed by atoms with Gasteiger partial charge in [0.1, 0.15) is 11.4 Å². The van der Waals surface area contributed by atoms with Crippen molar-refractivity contribution in [2.45, 2.75) is 25.4 Å². The van der Waals surface area contributed by atoms with E-state index >= 15 is 0 Å². The van der Waals surface area contributed by atoms with Crippen molar-refractivity contribution < 1.29 is 9.47 Å². The van der Waals surface area contributed by atoms with Gasteiger partial charge < -0.3 is 14.0 Å². The molecule has 4 heteroatoms. The molecule has 0 amide bonds. The molecule has 0 saturated heterocycles. The highest BCUT2D eigenvalue weighted by Crippen LogP contribution is 2.53. The van der Waals surface area contributed by atoms with Crippen molar-refractivity contribution in [3.05, 3.63) is 82.0 Å². The van der Waals surface area contributed by atoms with Crippen LogP contribution in [0.25, 0.3) is 21.7 Å². The van der Waals surface area contributed by atoms with Gasteiger partial charge in [0.15, 0.2) is 5.43 Å². The van der Waals surface area contributed by atoms with E-state index in [1.807, 2.05) is 48.0 Å². The third kappa shape index (κ3) is 2.19. The van der Waals surface area contributed by atoms with E-state index in [2.05, 4.69) is 38.1 Å². The second-order valence-electron chi connectivity index (χ2n) is 8.92. The Morgan fingerprint density at radius 3 is 2.50 bits per heavy atom. The van der Waals surface area contributed by atoms with Crippen LogP contribution < -0.4 is 14.9 Å². The monoisotopic (exact) mass is 397 g/mol. The number of rotatable bonds is 0. The van der Waals surface area contributed by atoms with Crippen LogP contribution in [0.1, 0.15) is 30.9 Å². The summed E-state index contributed by atoms with van der Waals surface area (Å²) in [5.74, 6) is 1.50. The number of hydrogen-bond donors (Lipinski definition) is 0. The summed E-state index contributed by atoms with van der Waals surface area (Å²) in [6.45, 7) is 4.73. The minimum absolute atomic E-state index is 0.0390. The molecule has 30 heavy (non-hydrogen) atoms. The predicted octanol–water partition coefficient (Wildman–Crippen LogP) is 5.00. The van der Waals surface area contributed by atoms with E-state index in [9.17, 15) is 4.79 Å². The number of nitrogens with zero attached hydrogens (tertiary/aromatic N) is 1. The summed E-state index contributed by atoms with van der Waals surface area (Å²) in [5, 5.41) is 3.03. The molecule has 6 rings (SSSR count). The summed E-state index contributed by atoms with van der Waals surface area (Å²) in [7, 11) is 1.99. The molecule has 2 unspecified atom stereocenters. The molecule has 150 valence electrons. The smallest absolute Gasteiger partial charge is 0.202 e. The fraction of sp³-hybridized carbons (Fsp3) is 0.269. The highest BCUT2D eigenvalue weighted by Gasteiger charge is 2.50. The van der Waals surface area contributed by atoms with Gasteiger partial charge in [-0.15, -0.1) is 0 Å². The second kappa shape index (κ2) is 5.88. The van der Waals surface area contributed by atoms with Crippen LogP contribution in [0.4, 0.5) is 0 Å². The topological polar surface area (TPSA) is 40.5 Å². The first kappa shape index (κ1) is 17.6. The zero-order valence-electron chi connectivity index (χ0n) is 17.3. The fourth-order valence-electron chi connectivity index (χ4n) is 5.36. The number of pyridine rings is 1. The van der Waals surface area contributed by atoms with Gasteiger partial charge in [-0.25, -0.2) is 0 Å². The van der Waals surface area contributed by atoms with Crippen LogP contribution in [-0.4, -0.2) is 16.8 Å². The lowest BCUT2D eigenvalue weighted by molar-refractivity contribution is -0.0198. The summed E-state index contributed by atoms with van der Waals surface area (Å²) in [6, 6.07) is 20.3. The molecule has 4 nitrogen and oxygen atoms in total. The number of benzene rings is 3. The Hall–Kier alpha value is -3.27. The molecular formula is C26H23NO3. The third-order valence-corrected chi connectivity index (χ3v) is 6.92. The molecule has 0 saturated carbocycles. The average Bonchev–Trinajstić information content (AvgIpc) is 2.76. The van der Waals surface area contributed by atoms with E-state index in [1.165, 1.54) is 0 Å². The van der Waals surface area contributed by atoms with Crippen molar-refractivity contribution >= 4 is 21.7 Å². The van der Waals surface area contributed by atoms with Crippen LogP contribution >= 0.6 is 0 Å². The Morgan fingerprint density at radius 1 is 0.933 bits per heavy atom. The normalized spacial score (nSPS) is 21.3. The molecule has 2 atom stereocenters. The fourth-order valence-corrected chi connectivity index (χ4v) is 5.36. The minimum Gasteiger partial charge on any atom is -0.493 e. The Bertz CT molecular complexity index is 1400. The molecule has 0 fully saturated rings. The van der Waals surface area contributed by atoms with Crippen molar-refractivity contribution in [3.63, 3.8) is 0 Å². The van der Waals surface area contributed by atoms with Gasteiger partial charge in [-0.1, -0.05) is 42.5 Å². The standard InChI is InChI=1S/C26H23NO3/c1-26(2)18-14-29-20-13-12-15-8-4-5-9-16(15)21(20)22(18)23-24(28)17-10-6-7-11-19(17)27(3)25(23)30-26/h4-13,18,22H,14H2,1-3H3. The molecule has 2 aliphatic rings. The maximum absolute atomic E-state index is 13.8. The first-order valence-electron chi connectivity index (χ1n) is 10.4. The van der Waals surface area contributed by atoms with E-state index in [-0.39, 0.29) is 17.3 Å². The summed E-state index contributed by atoms with van der Waals surface area (Å²) in [5.41, 5.74) is 2.33. The van der Waals surface area contributed by atoms with Gasteiger partial charge in [0.2, 0.25) is 5.88 Å². The Kier molecular flexibility index (Phi) is 3.45. The van der Waals surface area contributed by atoms with E-state index in [4.69, 9.17) is 9.47 Å². The summed E-state index contributed by atoms with van der Waals surface area (Å²) in [6.07, 6.45) is 0. The Balaban J connectivity index is 1.77. The van der Waals surface area contributed by atoms with Crippen molar-refractivity contribution in [2.24, 2.45) is 13.0 Å². The summed E-state index contributed by atoms with van der Waals surface area (Å²) >= 11 is 0. The van der Waals surface area contributed by atoms with Gasteiger partial charge in [-0.3, -0.25) is 4.79 Å². The third-order valence-electron chi connectivity index (χ3n) is 6.92. The molecule has 1 aromatic heterocycles. The van der Waals surface area contributed by atoms with Crippen LogP contribution in [-0.2, 0) is 7.05 Å². The number of ether oxygens (including phenoxy) is 2. The van der Waals surface area contributed by atoms with Crippen LogP contribution in [0, 0.1) is 5.92 Å². The maximum atomic E-state index is 13.8. The average molecular weight is 397 g/mol. The lowest BCUT2D eigenvalue weighted by atomic mass is 9.69. The summed E-state index contributed by atoms with van der Waals surface area (Å²) in [4.78, 5) is 13.8. The Morgan fingerprint density at radius 2 is 1.67 bits per heavy atom. The maximum Gasteiger partial charge on any atom is 0.202 e. The first-order valence-corrected chi connectivity index (χ1v) is 10.4. The van der Waals surface area contributed by atoms with Crippen molar-refractivity contribution in [1.82, 2.24) is 4.57 Å². The lowest BCUT2D eigenvalue weighted by Crippen LogP contribution is -2.51. The molecular weight excluding hydrogens is 374 g/mol. The first-order chi connectivity index (χ1) is 14.5. The van der Waals surface area contributed by atoms with Gasteiger partial charge in [-0.2, -0.15) is 0 Å². The Labute approximate surface area is 174 Å². The van der Waals surface area contributed by atoms with Gasteiger partial charge in [0, 0.05) is 29.8 Å². The molecule has 0 bridgehead atoms. The molecule has 0 radical (unpaired) electrons. The molecule has 0 aliphatic carbocycles. The van der Waals surface area contributed by atoms with Crippen LogP contribution in [0.15, 0.2) is 65.5 Å². The predicted molar refractivity (Wildman–Crippen MR) is 119 cm³/mol. The van der Waals surface area contributed by atoms with Crippen LogP contribution in [0.5, 0.6) is 11.6 Å². The molecule has 0 N–H and O–H groups in total. The van der Waals surface area contributed by atoms with Crippen molar-refractivity contribution in [1.29, 1.82) is 0 Å².